The second-order valence-electron chi connectivity index (χ2n) is 6.60. The van der Waals surface area contributed by atoms with Crippen molar-refractivity contribution in [1.29, 1.82) is 0 Å². The Morgan fingerprint density at radius 1 is 1.29 bits per heavy atom. The van der Waals surface area contributed by atoms with Crippen LogP contribution in [0.1, 0.15) is 46.8 Å². The molecule has 0 bridgehead atoms. The van der Waals surface area contributed by atoms with Crippen LogP contribution in [-0.4, -0.2) is 41.1 Å². The van der Waals surface area contributed by atoms with Crippen LogP contribution in [0.3, 0.4) is 0 Å². The molecule has 2 aliphatic rings. The minimum absolute atomic E-state index is 0.0970. The van der Waals surface area contributed by atoms with Gasteiger partial charge in [0.1, 0.15) is 10.6 Å². The highest BCUT2D eigenvalue weighted by atomic mass is 32.1. The third kappa shape index (κ3) is 2.78. The Hall–Kier alpha value is -1.66. The van der Waals surface area contributed by atoms with Gasteiger partial charge in [0.2, 0.25) is 0 Å². The number of rotatable bonds is 2. The van der Waals surface area contributed by atoms with Gasteiger partial charge in [-0.1, -0.05) is 12.8 Å². The molecule has 2 fully saturated rings. The summed E-state index contributed by atoms with van der Waals surface area (Å²) in [6.45, 7) is 5.12. The normalized spacial score (nSPS) is 24.0. The molecular weight excluding hydrogens is 324 g/mol. The number of amides is 1. The zero-order valence-electron chi connectivity index (χ0n) is 14.1. The summed E-state index contributed by atoms with van der Waals surface area (Å²) in [6, 6.07) is 4.05. The Bertz CT molecular complexity index is 749. The molecular formula is C18H22N2O3S. The van der Waals surface area contributed by atoms with Gasteiger partial charge in [0.15, 0.2) is 10.8 Å². The molecule has 0 radical (unpaired) electrons. The number of morpholine rings is 1. The lowest BCUT2D eigenvalue weighted by molar-refractivity contribution is -0.0751. The van der Waals surface area contributed by atoms with Gasteiger partial charge in [-0.3, -0.25) is 4.79 Å². The fourth-order valence-electron chi connectivity index (χ4n) is 3.73. The van der Waals surface area contributed by atoms with Gasteiger partial charge in [0.25, 0.3) is 5.91 Å². The molecule has 0 N–H and O–H groups in total. The fraction of sp³-hybridized carbons (Fsp3) is 0.556. The lowest BCUT2D eigenvalue weighted by Gasteiger charge is -2.43. The largest absolute Gasteiger partial charge is 0.459 e. The van der Waals surface area contributed by atoms with E-state index in [0.717, 1.165) is 39.9 Å². The number of carbonyl (C=O) groups is 1. The molecule has 6 heteroatoms. The molecule has 2 atom stereocenters. The van der Waals surface area contributed by atoms with E-state index in [1.807, 2.05) is 30.9 Å². The first-order chi connectivity index (χ1) is 11.6. The molecule has 1 amide bonds. The number of ether oxygens (including phenoxy) is 1. The van der Waals surface area contributed by atoms with Crippen LogP contribution in [0.4, 0.5) is 0 Å². The Morgan fingerprint density at radius 2 is 2.12 bits per heavy atom. The molecule has 1 aliphatic heterocycles. The van der Waals surface area contributed by atoms with Crippen molar-refractivity contribution < 1.29 is 13.9 Å². The first kappa shape index (κ1) is 15.8. The lowest BCUT2D eigenvalue weighted by atomic mass is 9.90. The number of thiazole rings is 1. The van der Waals surface area contributed by atoms with Crippen LogP contribution in [0.2, 0.25) is 0 Å². The maximum atomic E-state index is 13.1. The van der Waals surface area contributed by atoms with E-state index < -0.39 is 0 Å². The molecule has 2 aromatic rings. The van der Waals surface area contributed by atoms with E-state index in [4.69, 9.17) is 9.15 Å². The molecule has 0 unspecified atom stereocenters. The number of aromatic nitrogens is 1. The van der Waals surface area contributed by atoms with E-state index in [2.05, 4.69) is 4.98 Å². The summed E-state index contributed by atoms with van der Waals surface area (Å²) in [4.78, 5) is 20.4. The van der Waals surface area contributed by atoms with E-state index >= 15 is 0 Å². The average molecular weight is 346 g/mol. The quantitative estimate of drug-likeness (QED) is 0.830. The average Bonchev–Trinajstić information content (AvgIpc) is 3.19. The van der Waals surface area contributed by atoms with E-state index in [0.29, 0.717) is 13.2 Å². The fourth-order valence-corrected chi connectivity index (χ4v) is 4.71. The zero-order chi connectivity index (χ0) is 16.7. The van der Waals surface area contributed by atoms with E-state index in [9.17, 15) is 4.79 Å². The van der Waals surface area contributed by atoms with Crippen molar-refractivity contribution >= 4 is 17.2 Å². The summed E-state index contributed by atoms with van der Waals surface area (Å²) in [5.41, 5.74) is 0.785. The molecule has 1 aliphatic carbocycles. The second kappa shape index (κ2) is 6.33. The lowest BCUT2D eigenvalue weighted by Crippen LogP contribution is -2.54. The minimum Gasteiger partial charge on any atom is -0.459 e. The van der Waals surface area contributed by atoms with Gasteiger partial charge in [-0.05, 0) is 38.8 Å². The molecule has 0 aromatic carbocycles. The second-order valence-corrected chi connectivity index (χ2v) is 7.60. The summed E-state index contributed by atoms with van der Waals surface area (Å²) in [6.07, 6.45) is 4.68. The summed E-state index contributed by atoms with van der Waals surface area (Å²) in [5.74, 6) is 1.68. The highest BCUT2D eigenvalue weighted by molar-refractivity contribution is 7.17. The Kier molecular flexibility index (Phi) is 4.18. The SMILES string of the molecule is Cc1ccc(-c2nc(C)c(C(=O)N3CCO[C@@H]4CCCC[C@H]43)s2)o1. The van der Waals surface area contributed by atoms with Gasteiger partial charge in [0, 0.05) is 6.54 Å². The molecule has 1 saturated carbocycles. The maximum absolute atomic E-state index is 13.1. The van der Waals surface area contributed by atoms with Gasteiger partial charge in [-0.15, -0.1) is 11.3 Å². The standard InChI is InChI=1S/C18H22N2O3S/c1-11-7-8-15(23-11)17-19-12(2)16(24-17)18(21)20-9-10-22-14-6-4-3-5-13(14)20/h7-8,13-14H,3-6,9-10H2,1-2H3/t13-,14-/m1/s1. The van der Waals surface area contributed by atoms with Crippen LogP contribution in [0.15, 0.2) is 16.5 Å². The van der Waals surface area contributed by atoms with Gasteiger partial charge in [0.05, 0.1) is 24.4 Å². The van der Waals surface area contributed by atoms with Crippen molar-refractivity contribution in [2.45, 2.75) is 51.7 Å². The smallest absolute Gasteiger partial charge is 0.266 e. The number of hydrogen-bond acceptors (Lipinski definition) is 5. The van der Waals surface area contributed by atoms with Crippen molar-refractivity contribution in [3.8, 4) is 10.8 Å². The number of hydrogen-bond donors (Lipinski definition) is 0. The van der Waals surface area contributed by atoms with Crippen LogP contribution in [0.5, 0.6) is 0 Å². The summed E-state index contributed by atoms with van der Waals surface area (Å²) < 4.78 is 11.5. The molecule has 1 saturated heterocycles. The van der Waals surface area contributed by atoms with Crippen molar-refractivity contribution in [3.63, 3.8) is 0 Å². The summed E-state index contributed by atoms with van der Waals surface area (Å²) in [7, 11) is 0. The van der Waals surface area contributed by atoms with E-state index in [1.165, 1.54) is 24.2 Å². The van der Waals surface area contributed by atoms with Crippen LogP contribution >= 0.6 is 11.3 Å². The van der Waals surface area contributed by atoms with Crippen molar-refractivity contribution in [3.05, 3.63) is 28.5 Å². The predicted molar refractivity (Wildman–Crippen MR) is 92.3 cm³/mol. The molecule has 0 spiro atoms. The van der Waals surface area contributed by atoms with Gasteiger partial charge in [-0.2, -0.15) is 0 Å². The molecule has 2 aromatic heterocycles. The number of fused-ring (bicyclic) bond motifs is 1. The molecule has 4 rings (SSSR count). The summed E-state index contributed by atoms with van der Waals surface area (Å²) >= 11 is 1.43. The topological polar surface area (TPSA) is 55.6 Å². The predicted octanol–water partition coefficient (Wildman–Crippen LogP) is 3.80. The van der Waals surface area contributed by atoms with Crippen LogP contribution in [0.25, 0.3) is 10.8 Å². The highest BCUT2D eigenvalue weighted by Crippen LogP contribution is 2.33. The summed E-state index contributed by atoms with van der Waals surface area (Å²) in [5, 5.41) is 0.775. The van der Waals surface area contributed by atoms with Crippen molar-refractivity contribution in [2.75, 3.05) is 13.2 Å². The van der Waals surface area contributed by atoms with Crippen LogP contribution in [-0.2, 0) is 4.74 Å². The van der Waals surface area contributed by atoms with Crippen molar-refractivity contribution in [1.82, 2.24) is 9.88 Å². The van der Waals surface area contributed by atoms with E-state index in [1.54, 1.807) is 0 Å². The van der Waals surface area contributed by atoms with Gasteiger partial charge < -0.3 is 14.1 Å². The number of furan rings is 1. The first-order valence-corrected chi connectivity index (χ1v) is 9.42. The van der Waals surface area contributed by atoms with Crippen molar-refractivity contribution in [2.24, 2.45) is 0 Å². The highest BCUT2D eigenvalue weighted by Gasteiger charge is 2.38. The van der Waals surface area contributed by atoms with Crippen LogP contribution < -0.4 is 0 Å². The number of aryl methyl sites for hydroxylation is 2. The minimum atomic E-state index is 0.0970. The zero-order valence-corrected chi connectivity index (χ0v) is 14.9. The monoisotopic (exact) mass is 346 g/mol. The van der Waals surface area contributed by atoms with Gasteiger partial charge in [-0.25, -0.2) is 4.98 Å². The Labute approximate surface area is 145 Å². The molecule has 5 nitrogen and oxygen atoms in total. The number of carbonyl (C=O) groups excluding carboxylic acids is 1. The third-order valence-corrected chi connectivity index (χ3v) is 6.09. The van der Waals surface area contributed by atoms with Crippen LogP contribution in [0, 0.1) is 13.8 Å². The molecule has 128 valence electrons. The first-order valence-electron chi connectivity index (χ1n) is 8.60. The Balaban J connectivity index is 1.61. The maximum Gasteiger partial charge on any atom is 0.266 e. The molecule has 3 heterocycles. The number of nitrogens with zero attached hydrogens (tertiary/aromatic N) is 2. The third-order valence-electron chi connectivity index (χ3n) is 4.93. The van der Waals surface area contributed by atoms with Gasteiger partial charge >= 0.3 is 0 Å². The Morgan fingerprint density at radius 3 is 2.92 bits per heavy atom. The molecule has 24 heavy (non-hydrogen) atoms. The van der Waals surface area contributed by atoms with E-state index in [-0.39, 0.29) is 18.1 Å².